The van der Waals surface area contributed by atoms with E-state index in [1.807, 2.05) is 6.07 Å². The predicted molar refractivity (Wildman–Crippen MR) is 105 cm³/mol. The average Bonchev–Trinajstić information content (AvgIpc) is 3.33. The van der Waals surface area contributed by atoms with Crippen molar-refractivity contribution < 1.29 is 14.3 Å². The van der Waals surface area contributed by atoms with E-state index in [2.05, 4.69) is 15.6 Å². The van der Waals surface area contributed by atoms with Gasteiger partial charge in [-0.3, -0.25) is 19.5 Å². The number of carbonyl (C=O) groups excluding carboxylic acids is 2. The molecule has 2 N–H and O–H groups in total. The lowest BCUT2D eigenvalue weighted by Crippen LogP contribution is -2.41. The van der Waals surface area contributed by atoms with E-state index in [1.165, 1.54) is 0 Å². The minimum absolute atomic E-state index is 0.00556. The van der Waals surface area contributed by atoms with Crippen LogP contribution < -0.4 is 16.2 Å². The Morgan fingerprint density at radius 1 is 1.25 bits per heavy atom. The molecule has 0 radical (unpaired) electrons. The Morgan fingerprint density at radius 3 is 2.82 bits per heavy atom. The van der Waals surface area contributed by atoms with E-state index in [-0.39, 0.29) is 23.5 Å². The highest BCUT2D eigenvalue weighted by atomic mass is 32.2. The zero-order chi connectivity index (χ0) is 19.5. The van der Waals surface area contributed by atoms with Gasteiger partial charge in [0.1, 0.15) is 0 Å². The number of nitrogens with one attached hydrogen (secondary N) is 2. The van der Waals surface area contributed by atoms with Crippen LogP contribution in [0.1, 0.15) is 25.7 Å². The molecule has 1 aromatic heterocycles. The van der Waals surface area contributed by atoms with Gasteiger partial charge in [-0.25, -0.2) is 9.78 Å². The molecular weight excluding hydrogens is 380 g/mol. The second kappa shape index (κ2) is 8.32. The van der Waals surface area contributed by atoms with E-state index in [1.54, 1.807) is 22.8 Å². The summed E-state index contributed by atoms with van der Waals surface area (Å²) in [6.45, 7) is 1.10. The normalized spacial score (nSPS) is 18.9. The molecule has 0 bridgehead atoms. The van der Waals surface area contributed by atoms with Crippen LogP contribution in [0.15, 0.2) is 34.2 Å². The fourth-order valence-corrected chi connectivity index (χ4v) is 3.96. The number of benzene rings is 1. The van der Waals surface area contributed by atoms with Crippen molar-refractivity contribution in [3.05, 3.63) is 34.6 Å². The second-order valence-corrected chi connectivity index (χ2v) is 7.99. The van der Waals surface area contributed by atoms with Crippen LogP contribution in [0.5, 0.6) is 0 Å². The van der Waals surface area contributed by atoms with Gasteiger partial charge in [0.15, 0.2) is 5.16 Å². The summed E-state index contributed by atoms with van der Waals surface area (Å²) >= 11 is 1.15. The Labute approximate surface area is 166 Å². The maximum atomic E-state index is 13.0. The topological polar surface area (TPSA) is 102 Å². The van der Waals surface area contributed by atoms with Crippen molar-refractivity contribution in [3.63, 3.8) is 0 Å². The van der Waals surface area contributed by atoms with E-state index in [0.717, 1.165) is 37.4 Å². The largest absolute Gasteiger partial charge is 0.376 e. The first-order valence-electron chi connectivity index (χ1n) is 9.44. The van der Waals surface area contributed by atoms with Crippen LogP contribution in [0, 0.1) is 0 Å². The van der Waals surface area contributed by atoms with Crippen LogP contribution in [0.25, 0.3) is 10.9 Å². The molecule has 8 nitrogen and oxygen atoms in total. The van der Waals surface area contributed by atoms with Crippen LogP contribution >= 0.6 is 11.8 Å². The minimum Gasteiger partial charge on any atom is -0.376 e. The molecule has 1 aliphatic heterocycles. The van der Waals surface area contributed by atoms with Gasteiger partial charge in [-0.05, 0) is 37.8 Å². The Kier molecular flexibility index (Phi) is 5.63. The van der Waals surface area contributed by atoms with Gasteiger partial charge in [-0.1, -0.05) is 23.9 Å². The average molecular weight is 402 g/mol. The summed E-state index contributed by atoms with van der Waals surface area (Å²) < 4.78 is 7.25. The number of hydrogen-bond donors (Lipinski definition) is 2. The molecular formula is C19H22N4O4S. The van der Waals surface area contributed by atoms with Crippen molar-refractivity contribution in [1.29, 1.82) is 0 Å². The quantitative estimate of drug-likeness (QED) is 0.563. The molecule has 4 rings (SSSR count). The third-order valence-electron chi connectivity index (χ3n) is 4.73. The number of urea groups is 1. The Morgan fingerprint density at radius 2 is 2.07 bits per heavy atom. The van der Waals surface area contributed by atoms with Crippen LogP contribution in [0.3, 0.4) is 0 Å². The van der Waals surface area contributed by atoms with Crippen molar-refractivity contribution in [3.8, 4) is 0 Å². The standard InChI is InChI=1S/C19H22N4O4S/c24-16(22-18(26)20-12-7-8-12)11-28-19-21-15-6-2-1-5-14(15)17(25)23(19)10-13-4-3-9-27-13/h1-2,5-6,12-13H,3-4,7-11H2,(H2,20,22,24,26)/t13-/m0/s1. The molecule has 9 heteroatoms. The van der Waals surface area contributed by atoms with E-state index < -0.39 is 11.9 Å². The fraction of sp³-hybridized carbons (Fsp3) is 0.474. The minimum atomic E-state index is -0.476. The molecule has 28 heavy (non-hydrogen) atoms. The number of carbonyl (C=O) groups is 2. The fourth-order valence-electron chi connectivity index (χ4n) is 3.15. The van der Waals surface area contributed by atoms with Gasteiger partial charge in [-0.2, -0.15) is 0 Å². The molecule has 3 amide bonds. The molecule has 148 valence electrons. The van der Waals surface area contributed by atoms with Crippen molar-refractivity contribution >= 4 is 34.6 Å². The molecule has 1 saturated carbocycles. The Bertz CT molecular complexity index is 951. The number of aromatic nitrogens is 2. The molecule has 1 aliphatic carbocycles. The van der Waals surface area contributed by atoms with Gasteiger partial charge in [-0.15, -0.1) is 0 Å². The molecule has 2 aromatic rings. The third-order valence-corrected chi connectivity index (χ3v) is 5.71. The number of rotatable bonds is 6. The number of fused-ring (bicyclic) bond motifs is 1. The zero-order valence-electron chi connectivity index (χ0n) is 15.3. The van der Waals surface area contributed by atoms with Crippen molar-refractivity contribution in [1.82, 2.24) is 20.2 Å². The number of imide groups is 1. The zero-order valence-corrected chi connectivity index (χ0v) is 16.2. The van der Waals surface area contributed by atoms with Gasteiger partial charge < -0.3 is 10.1 Å². The van der Waals surface area contributed by atoms with Crippen LogP contribution in [0.4, 0.5) is 4.79 Å². The first-order chi connectivity index (χ1) is 13.6. The Hall–Kier alpha value is -2.39. The van der Waals surface area contributed by atoms with Crippen molar-refractivity contribution in [2.24, 2.45) is 0 Å². The predicted octanol–water partition coefficient (Wildman–Crippen LogP) is 1.66. The number of para-hydroxylation sites is 1. The highest BCUT2D eigenvalue weighted by Gasteiger charge is 2.24. The summed E-state index contributed by atoms with van der Waals surface area (Å²) in [5, 5.41) is 6.02. The lowest BCUT2D eigenvalue weighted by molar-refractivity contribution is -0.117. The van der Waals surface area contributed by atoms with E-state index in [4.69, 9.17) is 4.74 Å². The summed E-state index contributed by atoms with van der Waals surface area (Å²) in [5.74, 6) is -0.428. The van der Waals surface area contributed by atoms with E-state index in [9.17, 15) is 14.4 Å². The summed E-state index contributed by atoms with van der Waals surface area (Å²) in [4.78, 5) is 41.4. The van der Waals surface area contributed by atoms with Gasteiger partial charge in [0, 0.05) is 12.6 Å². The van der Waals surface area contributed by atoms with Gasteiger partial charge in [0.25, 0.3) is 5.56 Å². The SMILES string of the molecule is O=C(CSc1nc2ccccc2c(=O)n1C[C@@H]1CCCO1)NC(=O)NC1CC1. The number of thioether (sulfide) groups is 1. The number of hydrogen-bond acceptors (Lipinski definition) is 6. The van der Waals surface area contributed by atoms with Gasteiger partial charge in [0.2, 0.25) is 5.91 Å². The molecule has 1 aromatic carbocycles. The maximum Gasteiger partial charge on any atom is 0.321 e. The summed E-state index contributed by atoms with van der Waals surface area (Å²) in [6, 6.07) is 6.86. The third kappa shape index (κ3) is 4.53. The number of nitrogens with zero attached hydrogens (tertiary/aromatic N) is 2. The van der Waals surface area contributed by atoms with Gasteiger partial charge in [0.05, 0.1) is 29.3 Å². The molecule has 0 spiro atoms. The highest BCUT2D eigenvalue weighted by molar-refractivity contribution is 7.99. The first-order valence-corrected chi connectivity index (χ1v) is 10.4. The van der Waals surface area contributed by atoms with Crippen molar-refractivity contribution in [2.45, 2.75) is 49.5 Å². The second-order valence-electron chi connectivity index (χ2n) is 7.05. The monoisotopic (exact) mass is 402 g/mol. The molecule has 2 heterocycles. The smallest absolute Gasteiger partial charge is 0.321 e. The molecule has 2 aliphatic rings. The summed E-state index contributed by atoms with van der Waals surface area (Å²) in [5.41, 5.74) is 0.445. The maximum absolute atomic E-state index is 13.0. The summed E-state index contributed by atoms with van der Waals surface area (Å²) in [7, 11) is 0. The highest BCUT2D eigenvalue weighted by Crippen LogP contribution is 2.21. The first kappa shape index (κ1) is 18.9. The summed E-state index contributed by atoms with van der Waals surface area (Å²) in [6.07, 6.45) is 3.74. The molecule has 0 unspecified atom stereocenters. The lowest BCUT2D eigenvalue weighted by Gasteiger charge is -2.16. The number of ether oxygens (including phenoxy) is 1. The molecule has 1 saturated heterocycles. The molecule has 2 fully saturated rings. The Balaban J connectivity index is 1.51. The van der Waals surface area contributed by atoms with E-state index in [0.29, 0.717) is 29.2 Å². The van der Waals surface area contributed by atoms with Crippen LogP contribution in [-0.2, 0) is 16.1 Å². The van der Waals surface area contributed by atoms with Gasteiger partial charge >= 0.3 is 6.03 Å². The number of amides is 3. The lowest BCUT2D eigenvalue weighted by atomic mass is 10.2. The van der Waals surface area contributed by atoms with E-state index >= 15 is 0 Å². The van der Waals surface area contributed by atoms with Crippen LogP contribution in [0.2, 0.25) is 0 Å². The molecule has 1 atom stereocenters. The van der Waals surface area contributed by atoms with Crippen LogP contribution in [-0.4, -0.2) is 46.0 Å². The van der Waals surface area contributed by atoms with Crippen molar-refractivity contribution in [2.75, 3.05) is 12.4 Å².